The van der Waals surface area contributed by atoms with Gasteiger partial charge in [-0.05, 0) is 37.0 Å². The molecule has 0 saturated carbocycles. The molecule has 1 aliphatic heterocycles. The highest BCUT2D eigenvalue weighted by Gasteiger charge is 2.16. The highest BCUT2D eigenvalue weighted by Crippen LogP contribution is 2.12. The first-order chi connectivity index (χ1) is 9.15. The van der Waals surface area contributed by atoms with Crippen molar-refractivity contribution in [1.29, 1.82) is 0 Å². The lowest BCUT2D eigenvalue weighted by atomic mass is 10.1. The number of hydrogen-bond donors (Lipinski definition) is 1. The fraction of sp³-hybridized carbons (Fsp3) is 0.500. The number of rotatable bonds is 5. The zero-order valence-corrected chi connectivity index (χ0v) is 10.6. The SMILES string of the molecule is O=C(CCc1ccc(F)c(F)c1)NCC1CCCO1. The van der Waals surface area contributed by atoms with E-state index in [4.69, 9.17) is 4.74 Å². The normalized spacial score (nSPS) is 18.5. The monoisotopic (exact) mass is 269 g/mol. The van der Waals surface area contributed by atoms with Crippen LogP contribution in [0.4, 0.5) is 8.78 Å². The number of benzene rings is 1. The van der Waals surface area contributed by atoms with Crippen molar-refractivity contribution in [1.82, 2.24) is 5.32 Å². The average Bonchev–Trinajstić information content (AvgIpc) is 2.91. The molecule has 1 N–H and O–H groups in total. The number of carbonyl (C=O) groups is 1. The molecule has 1 unspecified atom stereocenters. The van der Waals surface area contributed by atoms with E-state index in [1.165, 1.54) is 6.07 Å². The molecule has 0 bridgehead atoms. The summed E-state index contributed by atoms with van der Waals surface area (Å²) in [6.45, 7) is 1.28. The Morgan fingerprint density at radius 1 is 1.37 bits per heavy atom. The molecule has 0 spiro atoms. The molecule has 1 saturated heterocycles. The Kier molecular flexibility index (Phi) is 4.85. The van der Waals surface area contributed by atoms with Crippen molar-refractivity contribution in [3.05, 3.63) is 35.4 Å². The van der Waals surface area contributed by atoms with Crippen LogP contribution >= 0.6 is 0 Å². The van der Waals surface area contributed by atoms with Crippen LogP contribution in [0.5, 0.6) is 0 Å². The minimum atomic E-state index is -0.878. The van der Waals surface area contributed by atoms with E-state index in [1.807, 2.05) is 0 Å². The Balaban J connectivity index is 1.71. The Hall–Kier alpha value is -1.49. The van der Waals surface area contributed by atoms with E-state index < -0.39 is 11.6 Å². The Bertz CT molecular complexity index is 445. The molecule has 3 nitrogen and oxygen atoms in total. The van der Waals surface area contributed by atoms with Gasteiger partial charge in [0, 0.05) is 19.6 Å². The van der Waals surface area contributed by atoms with Gasteiger partial charge in [0.25, 0.3) is 0 Å². The molecule has 0 aromatic heterocycles. The summed E-state index contributed by atoms with van der Waals surface area (Å²) >= 11 is 0. The summed E-state index contributed by atoms with van der Waals surface area (Å²) in [5, 5.41) is 2.79. The molecule has 0 aliphatic carbocycles. The first-order valence-electron chi connectivity index (χ1n) is 6.47. The molecule has 1 atom stereocenters. The average molecular weight is 269 g/mol. The largest absolute Gasteiger partial charge is 0.376 e. The van der Waals surface area contributed by atoms with Crippen LogP contribution in [0.15, 0.2) is 18.2 Å². The molecule has 1 amide bonds. The van der Waals surface area contributed by atoms with Gasteiger partial charge in [-0.25, -0.2) is 8.78 Å². The van der Waals surface area contributed by atoms with Gasteiger partial charge in [0.15, 0.2) is 11.6 Å². The maximum atomic E-state index is 13.0. The standard InChI is InChI=1S/C14H17F2NO2/c15-12-5-3-10(8-13(12)16)4-6-14(18)17-9-11-2-1-7-19-11/h3,5,8,11H,1-2,4,6-7,9H2,(H,17,18). The van der Waals surface area contributed by atoms with Gasteiger partial charge in [-0.15, -0.1) is 0 Å². The molecule has 1 aliphatic rings. The first kappa shape index (κ1) is 13.9. The van der Waals surface area contributed by atoms with Crippen molar-refractivity contribution in [2.45, 2.75) is 31.8 Å². The van der Waals surface area contributed by atoms with Gasteiger partial charge in [-0.2, -0.15) is 0 Å². The Labute approximate surface area is 111 Å². The molecule has 1 heterocycles. The lowest BCUT2D eigenvalue weighted by molar-refractivity contribution is -0.121. The number of hydrogen-bond acceptors (Lipinski definition) is 2. The van der Waals surface area contributed by atoms with Crippen LogP contribution in [-0.4, -0.2) is 25.2 Å². The fourth-order valence-electron chi connectivity index (χ4n) is 2.07. The van der Waals surface area contributed by atoms with Crippen molar-refractivity contribution in [2.24, 2.45) is 0 Å². The van der Waals surface area contributed by atoms with Gasteiger partial charge in [-0.3, -0.25) is 4.79 Å². The quantitative estimate of drug-likeness (QED) is 0.890. The van der Waals surface area contributed by atoms with Crippen LogP contribution in [0.25, 0.3) is 0 Å². The summed E-state index contributed by atoms with van der Waals surface area (Å²) < 4.78 is 31.1. The van der Waals surface area contributed by atoms with Crippen molar-refractivity contribution < 1.29 is 18.3 Å². The molecule has 5 heteroatoms. The van der Waals surface area contributed by atoms with Crippen molar-refractivity contribution in [2.75, 3.05) is 13.2 Å². The summed E-state index contributed by atoms with van der Waals surface area (Å²) in [4.78, 5) is 11.6. The number of halogens is 2. The second-order valence-electron chi connectivity index (χ2n) is 4.69. The van der Waals surface area contributed by atoms with Gasteiger partial charge in [0.2, 0.25) is 5.91 Å². The van der Waals surface area contributed by atoms with E-state index in [2.05, 4.69) is 5.32 Å². The maximum absolute atomic E-state index is 13.0. The van der Waals surface area contributed by atoms with Crippen LogP contribution < -0.4 is 5.32 Å². The van der Waals surface area contributed by atoms with E-state index in [1.54, 1.807) is 0 Å². The van der Waals surface area contributed by atoms with Crippen LogP contribution in [0.2, 0.25) is 0 Å². The number of ether oxygens (including phenoxy) is 1. The summed E-state index contributed by atoms with van der Waals surface area (Å²) in [6.07, 6.45) is 2.79. The molecule has 1 fully saturated rings. The van der Waals surface area contributed by atoms with Crippen LogP contribution in [-0.2, 0) is 16.0 Å². The maximum Gasteiger partial charge on any atom is 0.220 e. The zero-order valence-electron chi connectivity index (χ0n) is 10.6. The third-order valence-electron chi connectivity index (χ3n) is 3.18. The zero-order chi connectivity index (χ0) is 13.7. The summed E-state index contributed by atoms with van der Waals surface area (Å²) in [5.41, 5.74) is 0.617. The van der Waals surface area contributed by atoms with Crippen molar-refractivity contribution in [3.63, 3.8) is 0 Å². The third-order valence-corrected chi connectivity index (χ3v) is 3.18. The first-order valence-corrected chi connectivity index (χ1v) is 6.47. The van der Waals surface area contributed by atoms with Gasteiger partial charge < -0.3 is 10.1 Å². The highest BCUT2D eigenvalue weighted by molar-refractivity contribution is 5.76. The van der Waals surface area contributed by atoms with E-state index in [-0.39, 0.29) is 18.4 Å². The Morgan fingerprint density at radius 2 is 2.21 bits per heavy atom. The molecular weight excluding hydrogens is 252 g/mol. The summed E-state index contributed by atoms with van der Waals surface area (Å²) in [6, 6.07) is 3.70. The van der Waals surface area contributed by atoms with Gasteiger partial charge in [0.1, 0.15) is 0 Å². The van der Waals surface area contributed by atoms with Crippen LogP contribution in [0.1, 0.15) is 24.8 Å². The predicted octanol–water partition coefficient (Wildman–Crippen LogP) is 2.19. The predicted molar refractivity (Wildman–Crippen MR) is 66.7 cm³/mol. The Morgan fingerprint density at radius 3 is 2.89 bits per heavy atom. The number of nitrogens with one attached hydrogen (secondary N) is 1. The van der Waals surface area contributed by atoms with E-state index in [0.717, 1.165) is 31.6 Å². The molecular formula is C14H17F2NO2. The van der Waals surface area contributed by atoms with E-state index in [0.29, 0.717) is 18.5 Å². The molecule has 19 heavy (non-hydrogen) atoms. The molecule has 1 aromatic carbocycles. The lowest BCUT2D eigenvalue weighted by Gasteiger charge is -2.10. The van der Waals surface area contributed by atoms with Crippen molar-refractivity contribution >= 4 is 5.91 Å². The second kappa shape index (κ2) is 6.61. The lowest BCUT2D eigenvalue weighted by Crippen LogP contribution is -2.31. The summed E-state index contributed by atoms with van der Waals surface area (Å²) in [5.74, 6) is -1.84. The van der Waals surface area contributed by atoms with E-state index >= 15 is 0 Å². The highest BCUT2D eigenvalue weighted by atomic mass is 19.2. The van der Waals surface area contributed by atoms with E-state index in [9.17, 15) is 13.6 Å². The number of amides is 1. The van der Waals surface area contributed by atoms with Crippen molar-refractivity contribution in [3.8, 4) is 0 Å². The van der Waals surface area contributed by atoms with Gasteiger partial charge >= 0.3 is 0 Å². The van der Waals surface area contributed by atoms with Crippen LogP contribution in [0, 0.1) is 11.6 Å². The minimum Gasteiger partial charge on any atom is -0.376 e. The molecule has 1 aromatic rings. The minimum absolute atomic E-state index is 0.0970. The molecule has 0 radical (unpaired) electrons. The molecule has 2 rings (SSSR count). The fourth-order valence-corrected chi connectivity index (χ4v) is 2.07. The van der Waals surface area contributed by atoms with Crippen LogP contribution in [0.3, 0.4) is 0 Å². The topological polar surface area (TPSA) is 38.3 Å². The second-order valence-corrected chi connectivity index (χ2v) is 4.69. The number of aryl methyl sites for hydroxylation is 1. The third kappa shape index (κ3) is 4.28. The van der Waals surface area contributed by atoms with Gasteiger partial charge in [-0.1, -0.05) is 6.07 Å². The molecule has 104 valence electrons. The smallest absolute Gasteiger partial charge is 0.220 e. The van der Waals surface area contributed by atoms with Gasteiger partial charge in [0.05, 0.1) is 6.10 Å². The number of carbonyl (C=O) groups excluding carboxylic acids is 1. The summed E-state index contributed by atoms with van der Waals surface area (Å²) in [7, 11) is 0.